The van der Waals surface area contributed by atoms with Gasteiger partial charge < -0.3 is 10.6 Å². The van der Waals surface area contributed by atoms with E-state index in [-0.39, 0.29) is 5.91 Å². The van der Waals surface area contributed by atoms with Crippen LogP contribution in [-0.4, -0.2) is 11.8 Å². The van der Waals surface area contributed by atoms with Gasteiger partial charge in [0.1, 0.15) is 5.82 Å². The predicted molar refractivity (Wildman–Crippen MR) is 113 cm³/mol. The van der Waals surface area contributed by atoms with Crippen LogP contribution in [0.25, 0.3) is 10.8 Å². The second-order valence-corrected chi connectivity index (χ2v) is 6.49. The van der Waals surface area contributed by atoms with E-state index in [9.17, 15) is 14.0 Å². The number of nitrogens with one attached hydrogen (secondary N) is 2. The minimum absolute atomic E-state index is 0.302. The smallest absolute Gasteiger partial charge is 0.257 e. The number of carbonyl (C=O) groups excluding carboxylic acids is 2. The molecule has 5 heteroatoms. The third-order valence-electron chi connectivity index (χ3n) is 4.56. The Morgan fingerprint density at radius 3 is 2.07 bits per heavy atom. The van der Waals surface area contributed by atoms with Gasteiger partial charge in [-0.3, -0.25) is 9.59 Å². The van der Waals surface area contributed by atoms with E-state index in [2.05, 4.69) is 10.6 Å². The lowest BCUT2D eigenvalue weighted by molar-refractivity contribution is 0.102. The number of anilines is 2. The Balaban J connectivity index is 1.59. The molecule has 0 spiro atoms. The monoisotopic (exact) mass is 384 g/mol. The van der Waals surface area contributed by atoms with Crippen molar-refractivity contribution in [2.45, 2.75) is 0 Å². The van der Waals surface area contributed by atoms with Crippen molar-refractivity contribution in [3.05, 3.63) is 108 Å². The molecular formula is C24H17FN2O2. The molecule has 0 radical (unpaired) electrons. The molecule has 0 aliphatic rings. The Bertz CT molecular complexity index is 1200. The Morgan fingerprint density at radius 1 is 0.621 bits per heavy atom. The summed E-state index contributed by atoms with van der Waals surface area (Å²) in [4.78, 5) is 25.4. The molecule has 0 fully saturated rings. The van der Waals surface area contributed by atoms with Crippen molar-refractivity contribution in [2.75, 3.05) is 10.6 Å². The summed E-state index contributed by atoms with van der Waals surface area (Å²) in [6, 6.07) is 25.4. The highest BCUT2D eigenvalue weighted by Gasteiger charge is 2.15. The Hall–Kier alpha value is -3.99. The molecule has 0 unspecified atom stereocenters. The van der Waals surface area contributed by atoms with Gasteiger partial charge in [0.15, 0.2) is 0 Å². The van der Waals surface area contributed by atoms with Gasteiger partial charge in [-0.1, -0.05) is 48.5 Å². The van der Waals surface area contributed by atoms with Gasteiger partial charge >= 0.3 is 0 Å². The molecule has 142 valence electrons. The molecule has 0 bridgehead atoms. The molecule has 4 aromatic carbocycles. The van der Waals surface area contributed by atoms with Gasteiger partial charge in [-0.05, 0) is 47.9 Å². The largest absolute Gasteiger partial charge is 0.321 e. The summed E-state index contributed by atoms with van der Waals surface area (Å²) >= 11 is 0. The fraction of sp³-hybridized carbons (Fsp3) is 0. The summed E-state index contributed by atoms with van der Waals surface area (Å²) in [6.45, 7) is 0. The molecule has 4 nitrogen and oxygen atoms in total. The summed E-state index contributed by atoms with van der Waals surface area (Å²) < 4.78 is 13.1. The first-order valence-electron chi connectivity index (χ1n) is 9.07. The molecule has 0 atom stereocenters. The Labute approximate surface area is 167 Å². The molecule has 2 N–H and O–H groups in total. The highest BCUT2D eigenvalue weighted by atomic mass is 19.1. The zero-order valence-corrected chi connectivity index (χ0v) is 15.4. The van der Waals surface area contributed by atoms with E-state index in [1.54, 1.807) is 24.3 Å². The second kappa shape index (κ2) is 7.94. The van der Waals surface area contributed by atoms with Crippen LogP contribution >= 0.6 is 0 Å². The first kappa shape index (κ1) is 18.4. The zero-order chi connectivity index (χ0) is 20.2. The topological polar surface area (TPSA) is 58.2 Å². The molecule has 4 aromatic rings. The van der Waals surface area contributed by atoms with Crippen molar-refractivity contribution >= 4 is 34.0 Å². The van der Waals surface area contributed by atoms with Crippen LogP contribution in [0, 0.1) is 5.82 Å². The van der Waals surface area contributed by atoms with Crippen molar-refractivity contribution < 1.29 is 14.0 Å². The first-order chi connectivity index (χ1) is 14.1. The minimum Gasteiger partial charge on any atom is -0.321 e. The molecule has 2 amide bonds. The molecule has 0 aliphatic heterocycles. The van der Waals surface area contributed by atoms with E-state index < -0.39 is 11.7 Å². The van der Waals surface area contributed by atoms with Crippen molar-refractivity contribution in [1.29, 1.82) is 0 Å². The molecular weight excluding hydrogens is 367 g/mol. The number of hydrogen-bond acceptors (Lipinski definition) is 2. The summed E-state index contributed by atoms with van der Waals surface area (Å²) in [5.74, 6) is -1.18. The van der Waals surface area contributed by atoms with Crippen molar-refractivity contribution in [3.63, 3.8) is 0 Å². The second-order valence-electron chi connectivity index (χ2n) is 6.49. The molecule has 0 saturated carbocycles. The zero-order valence-electron chi connectivity index (χ0n) is 15.4. The van der Waals surface area contributed by atoms with Gasteiger partial charge in [-0.15, -0.1) is 0 Å². The minimum atomic E-state index is -0.421. The Kier molecular flexibility index (Phi) is 5.03. The van der Waals surface area contributed by atoms with Crippen LogP contribution in [0.1, 0.15) is 20.7 Å². The van der Waals surface area contributed by atoms with Crippen LogP contribution in [0.4, 0.5) is 15.8 Å². The lowest BCUT2D eigenvalue weighted by atomic mass is 10.1. The van der Waals surface area contributed by atoms with Gasteiger partial charge in [0, 0.05) is 16.6 Å². The number of rotatable bonds is 4. The van der Waals surface area contributed by atoms with Crippen LogP contribution in [0.5, 0.6) is 0 Å². The Morgan fingerprint density at radius 2 is 1.24 bits per heavy atom. The number of carbonyl (C=O) groups is 2. The van der Waals surface area contributed by atoms with Crippen molar-refractivity contribution in [2.24, 2.45) is 0 Å². The summed E-state index contributed by atoms with van der Waals surface area (Å²) in [7, 11) is 0. The number of para-hydroxylation sites is 1. The third kappa shape index (κ3) is 3.99. The number of halogens is 1. The quantitative estimate of drug-likeness (QED) is 0.489. The van der Waals surface area contributed by atoms with Crippen LogP contribution in [-0.2, 0) is 0 Å². The molecule has 0 saturated heterocycles. The van der Waals surface area contributed by atoms with Crippen LogP contribution in [0.2, 0.25) is 0 Å². The number of hydrogen-bond donors (Lipinski definition) is 2. The van der Waals surface area contributed by atoms with E-state index >= 15 is 0 Å². The van der Waals surface area contributed by atoms with E-state index in [0.717, 1.165) is 10.8 Å². The van der Waals surface area contributed by atoms with Crippen molar-refractivity contribution in [3.8, 4) is 0 Å². The average molecular weight is 384 g/mol. The predicted octanol–water partition coefficient (Wildman–Crippen LogP) is 5.48. The summed E-state index contributed by atoms with van der Waals surface area (Å²) in [6.07, 6.45) is 0. The van der Waals surface area contributed by atoms with Gasteiger partial charge in [-0.25, -0.2) is 4.39 Å². The lowest BCUT2D eigenvalue weighted by Gasteiger charge is -2.13. The van der Waals surface area contributed by atoms with Gasteiger partial charge in [-0.2, -0.15) is 0 Å². The molecule has 29 heavy (non-hydrogen) atoms. The SMILES string of the molecule is O=C(Nc1ccccc1C(=O)Nc1cccc2ccccc12)c1ccc(F)cc1. The summed E-state index contributed by atoms with van der Waals surface area (Å²) in [5.41, 5.74) is 1.69. The summed E-state index contributed by atoms with van der Waals surface area (Å²) in [5, 5.41) is 7.59. The average Bonchev–Trinajstić information content (AvgIpc) is 2.75. The maximum atomic E-state index is 13.1. The third-order valence-corrected chi connectivity index (χ3v) is 4.56. The van der Waals surface area contributed by atoms with E-state index in [1.165, 1.54) is 24.3 Å². The van der Waals surface area contributed by atoms with Crippen LogP contribution in [0.3, 0.4) is 0 Å². The maximum Gasteiger partial charge on any atom is 0.257 e. The highest BCUT2D eigenvalue weighted by molar-refractivity contribution is 6.14. The van der Waals surface area contributed by atoms with Gasteiger partial charge in [0.25, 0.3) is 11.8 Å². The molecule has 4 rings (SSSR count). The van der Waals surface area contributed by atoms with Crippen LogP contribution in [0.15, 0.2) is 91.0 Å². The standard InChI is InChI=1S/C24H17FN2O2/c25-18-14-12-17(13-15-18)23(28)26-22-10-4-3-9-20(22)24(29)27-21-11-5-7-16-6-1-2-8-19(16)21/h1-15H,(H,26,28)(H,27,29). The van der Waals surface area contributed by atoms with E-state index in [1.807, 2.05) is 42.5 Å². The number of benzene rings is 4. The molecule has 0 heterocycles. The van der Waals surface area contributed by atoms with Gasteiger partial charge in [0.05, 0.1) is 11.3 Å². The van der Waals surface area contributed by atoms with Gasteiger partial charge in [0.2, 0.25) is 0 Å². The first-order valence-corrected chi connectivity index (χ1v) is 9.07. The molecule has 0 aliphatic carbocycles. The van der Waals surface area contributed by atoms with E-state index in [4.69, 9.17) is 0 Å². The maximum absolute atomic E-state index is 13.1. The lowest BCUT2D eigenvalue weighted by Crippen LogP contribution is -2.18. The number of amides is 2. The number of fused-ring (bicyclic) bond motifs is 1. The molecule has 0 aromatic heterocycles. The highest BCUT2D eigenvalue weighted by Crippen LogP contribution is 2.25. The van der Waals surface area contributed by atoms with Crippen molar-refractivity contribution in [1.82, 2.24) is 0 Å². The fourth-order valence-corrected chi connectivity index (χ4v) is 3.11. The van der Waals surface area contributed by atoms with E-state index in [0.29, 0.717) is 22.5 Å². The normalized spacial score (nSPS) is 10.5. The fourth-order valence-electron chi connectivity index (χ4n) is 3.11. The van der Waals surface area contributed by atoms with Crippen LogP contribution < -0.4 is 10.6 Å².